The van der Waals surface area contributed by atoms with Gasteiger partial charge >= 0.3 is 0 Å². The zero-order chi connectivity index (χ0) is 10.8. The lowest BCUT2D eigenvalue weighted by Gasteiger charge is -2.43. The molecule has 1 saturated carbocycles. The van der Waals surface area contributed by atoms with E-state index >= 15 is 0 Å². The first-order valence-corrected chi connectivity index (χ1v) is 6.22. The summed E-state index contributed by atoms with van der Waals surface area (Å²) in [4.78, 5) is 0. The van der Waals surface area contributed by atoms with E-state index in [9.17, 15) is 5.11 Å². The average Bonchev–Trinajstić information content (AvgIpc) is 2.17. The van der Waals surface area contributed by atoms with Crippen LogP contribution in [0.1, 0.15) is 59.8 Å². The molecule has 1 N–H and O–H groups in total. The minimum absolute atomic E-state index is 0.375. The molecule has 0 saturated heterocycles. The molecule has 0 aromatic heterocycles. The van der Waals surface area contributed by atoms with Crippen LogP contribution in [-0.2, 0) is 0 Å². The zero-order valence-electron chi connectivity index (χ0n) is 10.2. The molecule has 0 aromatic carbocycles. The van der Waals surface area contributed by atoms with Crippen molar-refractivity contribution >= 4 is 0 Å². The lowest BCUT2D eigenvalue weighted by atomic mass is 9.66. The molecule has 1 fully saturated rings. The molecule has 0 heterocycles. The molecule has 0 radical (unpaired) electrons. The fraction of sp³-hybridized carbons (Fsp3) is 1.00. The van der Waals surface area contributed by atoms with Gasteiger partial charge < -0.3 is 5.11 Å². The Kier molecular flexibility index (Phi) is 4.00. The van der Waals surface area contributed by atoms with Gasteiger partial charge in [0.1, 0.15) is 0 Å². The van der Waals surface area contributed by atoms with Gasteiger partial charge in [-0.3, -0.25) is 0 Å². The lowest BCUT2D eigenvalue weighted by Crippen LogP contribution is -2.44. The van der Waals surface area contributed by atoms with Crippen molar-refractivity contribution in [2.24, 2.45) is 17.8 Å². The van der Waals surface area contributed by atoms with Crippen LogP contribution >= 0.6 is 0 Å². The normalized spacial score (nSPS) is 33.0. The van der Waals surface area contributed by atoms with Gasteiger partial charge in [0.25, 0.3) is 0 Å². The monoisotopic (exact) mass is 198 g/mol. The molecule has 3 atom stereocenters. The van der Waals surface area contributed by atoms with Crippen LogP contribution < -0.4 is 0 Å². The second kappa shape index (κ2) is 4.65. The smallest absolute Gasteiger partial charge is 0.0673 e. The fourth-order valence-corrected chi connectivity index (χ4v) is 2.89. The highest BCUT2D eigenvalue weighted by Crippen LogP contribution is 2.41. The highest BCUT2D eigenvalue weighted by Gasteiger charge is 2.40. The average molecular weight is 198 g/mol. The van der Waals surface area contributed by atoms with E-state index in [1.165, 1.54) is 32.1 Å². The van der Waals surface area contributed by atoms with E-state index in [-0.39, 0.29) is 0 Å². The van der Waals surface area contributed by atoms with Crippen LogP contribution in [0.2, 0.25) is 0 Å². The van der Waals surface area contributed by atoms with Crippen LogP contribution in [0.25, 0.3) is 0 Å². The van der Waals surface area contributed by atoms with Crippen molar-refractivity contribution in [2.45, 2.75) is 65.4 Å². The Bertz CT molecular complexity index is 172. The summed E-state index contributed by atoms with van der Waals surface area (Å²) >= 11 is 0. The van der Waals surface area contributed by atoms with Crippen LogP contribution in [0.4, 0.5) is 0 Å². The first-order chi connectivity index (χ1) is 6.50. The predicted octanol–water partition coefficient (Wildman–Crippen LogP) is 3.61. The van der Waals surface area contributed by atoms with Crippen LogP contribution in [0.3, 0.4) is 0 Å². The number of hydrogen-bond acceptors (Lipinski definition) is 1. The molecule has 0 amide bonds. The number of hydrogen-bond donors (Lipinski definition) is 1. The molecular weight excluding hydrogens is 172 g/mol. The fourth-order valence-electron chi connectivity index (χ4n) is 2.89. The third-order valence-electron chi connectivity index (χ3n) is 4.35. The standard InChI is InChI=1S/C13H26O/c1-5-11-8-6-7-9-12(11)13(4,14)10(2)3/h10-12,14H,5-9H2,1-4H3. The van der Waals surface area contributed by atoms with Crippen molar-refractivity contribution in [1.29, 1.82) is 0 Å². The van der Waals surface area contributed by atoms with Crippen LogP contribution in [-0.4, -0.2) is 10.7 Å². The predicted molar refractivity (Wildman–Crippen MR) is 61.2 cm³/mol. The maximum absolute atomic E-state index is 10.5. The van der Waals surface area contributed by atoms with Gasteiger partial charge in [0.15, 0.2) is 0 Å². The van der Waals surface area contributed by atoms with Gasteiger partial charge in [0.05, 0.1) is 5.60 Å². The highest BCUT2D eigenvalue weighted by molar-refractivity contribution is 4.90. The van der Waals surface area contributed by atoms with E-state index in [4.69, 9.17) is 0 Å². The van der Waals surface area contributed by atoms with Crippen molar-refractivity contribution in [3.8, 4) is 0 Å². The molecule has 1 rings (SSSR count). The maximum atomic E-state index is 10.5. The van der Waals surface area contributed by atoms with Crippen molar-refractivity contribution in [3.63, 3.8) is 0 Å². The highest BCUT2D eigenvalue weighted by atomic mass is 16.3. The summed E-state index contributed by atoms with van der Waals surface area (Å²) in [6.07, 6.45) is 6.45. The van der Waals surface area contributed by atoms with E-state index < -0.39 is 5.60 Å². The van der Waals surface area contributed by atoms with E-state index in [1.54, 1.807) is 0 Å². The third-order valence-corrected chi connectivity index (χ3v) is 4.35. The molecule has 3 unspecified atom stereocenters. The third kappa shape index (κ3) is 2.31. The molecule has 1 nitrogen and oxygen atoms in total. The summed E-state index contributed by atoms with van der Waals surface area (Å²) < 4.78 is 0. The maximum Gasteiger partial charge on any atom is 0.0673 e. The Balaban J connectivity index is 2.72. The Labute approximate surface area is 88.9 Å². The van der Waals surface area contributed by atoms with Gasteiger partial charge in [-0.1, -0.05) is 46.5 Å². The molecule has 1 aliphatic rings. The first-order valence-electron chi connectivity index (χ1n) is 6.22. The minimum atomic E-state index is -0.457. The molecule has 14 heavy (non-hydrogen) atoms. The molecule has 0 aromatic rings. The Morgan fingerprint density at radius 1 is 1.29 bits per heavy atom. The van der Waals surface area contributed by atoms with Crippen molar-refractivity contribution in [2.75, 3.05) is 0 Å². The van der Waals surface area contributed by atoms with Crippen LogP contribution in [0, 0.1) is 17.8 Å². The number of aliphatic hydroxyl groups is 1. The zero-order valence-corrected chi connectivity index (χ0v) is 10.2. The van der Waals surface area contributed by atoms with Gasteiger partial charge in [-0.15, -0.1) is 0 Å². The van der Waals surface area contributed by atoms with Gasteiger partial charge in [0, 0.05) is 0 Å². The lowest BCUT2D eigenvalue weighted by molar-refractivity contribution is -0.0772. The van der Waals surface area contributed by atoms with Crippen LogP contribution in [0.15, 0.2) is 0 Å². The quantitative estimate of drug-likeness (QED) is 0.734. The van der Waals surface area contributed by atoms with E-state index in [0.717, 1.165) is 5.92 Å². The Morgan fingerprint density at radius 2 is 1.86 bits per heavy atom. The largest absolute Gasteiger partial charge is 0.390 e. The van der Waals surface area contributed by atoms with Crippen molar-refractivity contribution in [1.82, 2.24) is 0 Å². The van der Waals surface area contributed by atoms with Gasteiger partial charge in [-0.25, -0.2) is 0 Å². The molecular formula is C13H26O. The van der Waals surface area contributed by atoms with E-state index in [2.05, 4.69) is 20.8 Å². The second-order valence-electron chi connectivity index (χ2n) is 5.44. The van der Waals surface area contributed by atoms with Gasteiger partial charge in [-0.05, 0) is 31.1 Å². The van der Waals surface area contributed by atoms with E-state index in [0.29, 0.717) is 11.8 Å². The summed E-state index contributed by atoms with van der Waals surface area (Å²) in [6, 6.07) is 0. The Hall–Kier alpha value is -0.0400. The van der Waals surface area contributed by atoms with Crippen LogP contribution in [0.5, 0.6) is 0 Å². The van der Waals surface area contributed by atoms with Crippen molar-refractivity contribution < 1.29 is 5.11 Å². The minimum Gasteiger partial charge on any atom is -0.390 e. The molecule has 1 aliphatic carbocycles. The topological polar surface area (TPSA) is 20.2 Å². The SMILES string of the molecule is CCC1CCCCC1C(C)(O)C(C)C. The summed E-state index contributed by atoms with van der Waals surface area (Å²) in [5.74, 6) is 1.65. The molecule has 84 valence electrons. The first kappa shape index (κ1) is 12.0. The summed E-state index contributed by atoms with van der Waals surface area (Å²) in [7, 11) is 0. The Morgan fingerprint density at radius 3 is 2.36 bits per heavy atom. The summed E-state index contributed by atoms with van der Waals surface area (Å²) in [5.41, 5.74) is -0.457. The van der Waals surface area contributed by atoms with Crippen molar-refractivity contribution in [3.05, 3.63) is 0 Å². The molecule has 1 heteroatoms. The number of rotatable bonds is 3. The summed E-state index contributed by atoms with van der Waals surface area (Å²) in [6.45, 7) is 8.58. The molecule has 0 spiro atoms. The molecule has 0 aliphatic heterocycles. The van der Waals surface area contributed by atoms with Gasteiger partial charge in [-0.2, -0.15) is 0 Å². The second-order valence-corrected chi connectivity index (χ2v) is 5.44. The van der Waals surface area contributed by atoms with E-state index in [1.807, 2.05) is 6.92 Å². The summed E-state index contributed by atoms with van der Waals surface area (Å²) in [5, 5.41) is 10.5. The van der Waals surface area contributed by atoms with Gasteiger partial charge in [0.2, 0.25) is 0 Å². The molecule has 0 bridgehead atoms.